The zero-order valence-electron chi connectivity index (χ0n) is 14.6. The third kappa shape index (κ3) is 4.18. The lowest BCUT2D eigenvalue weighted by atomic mass is 9.96. The van der Waals surface area contributed by atoms with Crippen molar-refractivity contribution in [2.45, 2.75) is 42.2 Å². The summed E-state index contributed by atoms with van der Waals surface area (Å²) in [6.45, 7) is 6.23. The average Bonchev–Trinajstić information content (AvgIpc) is 3.09. The van der Waals surface area contributed by atoms with Gasteiger partial charge in [0.15, 0.2) is 4.08 Å². The van der Waals surface area contributed by atoms with Gasteiger partial charge in [0, 0.05) is 18.6 Å². The van der Waals surface area contributed by atoms with Gasteiger partial charge in [-0.15, -0.1) is 23.5 Å². The highest BCUT2D eigenvalue weighted by Crippen LogP contribution is 2.49. The minimum atomic E-state index is -1.34. The number of carbonyl (C=O) groups is 1. The highest BCUT2D eigenvalue weighted by molar-refractivity contribution is 8.22. The summed E-state index contributed by atoms with van der Waals surface area (Å²) in [6, 6.07) is 7.52. The second kappa shape index (κ2) is 8.74. The molecule has 4 nitrogen and oxygen atoms in total. The highest BCUT2D eigenvalue weighted by Gasteiger charge is 2.51. The van der Waals surface area contributed by atoms with E-state index in [1.165, 1.54) is 0 Å². The molecule has 3 unspecified atom stereocenters. The van der Waals surface area contributed by atoms with E-state index in [4.69, 9.17) is 0 Å². The van der Waals surface area contributed by atoms with Crippen molar-refractivity contribution in [2.75, 3.05) is 18.6 Å². The molecule has 7 heteroatoms. The Morgan fingerprint density at radius 3 is 2.38 bits per heavy atom. The largest absolute Gasteiger partial charge is 0.357 e. The SMILES string of the molecule is CCC(C)C(NS(=O)c1ccc(C)cc1)C1(C(=O)NC)SCCS1. The Bertz CT molecular complexity index is 586. The van der Waals surface area contributed by atoms with Crippen LogP contribution in [0, 0.1) is 12.8 Å². The molecule has 1 heterocycles. The Morgan fingerprint density at radius 2 is 1.88 bits per heavy atom. The molecule has 134 valence electrons. The predicted octanol–water partition coefficient (Wildman–Crippen LogP) is 2.94. The number of carbonyl (C=O) groups excluding carboxylic acids is 1. The molecule has 1 aromatic rings. The van der Waals surface area contributed by atoms with Gasteiger partial charge in [0.2, 0.25) is 5.91 Å². The highest BCUT2D eigenvalue weighted by atomic mass is 32.2. The molecule has 1 saturated heterocycles. The van der Waals surface area contributed by atoms with Crippen LogP contribution in [0.4, 0.5) is 0 Å². The second-order valence-electron chi connectivity index (χ2n) is 6.01. The van der Waals surface area contributed by atoms with E-state index < -0.39 is 15.1 Å². The van der Waals surface area contributed by atoms with Crippen LogP contribution in [0.1, 0.15) is 25.8 Å². The normalized spacial score (nSPS) is 20.3. The first-order chi connectivity index (χ1) is 11.4. The van der Waals surface area contributed by atoms with Gasteiger partial charge in [0.05, 0.1) is 10.9 Å². The monoisotopic (exact) mass is 386 g/mol. The van der Waals surface area contributed by atoms with E-state index in [-0.39, 0.29) is 17.9 Å². The molecule has 1 fully saturated rings. The number of hydrogen-bond donors (Lipinski definition) is 2. The number of amides is 1. The van der Waals surface area contributed by atoms with Crippen LogP contribution >= 0.6 is 23.5 Å². The van der Waals surface area contributed by atoms with Crippen molar-refractivity contribution in [2.24, 2.45) is 5.92 Å². The van der Waals surface area contributed by atoms with Gasteiger partial charge in [0.25, 0.3) is 0 Å². The fraction of sp³-hybridized carbons (Fsp3) is 0.588. The molecule has 0 saturated carbocycles. The number of rotatable bonds is 7. The first kappa shape index (κ1) is 19.8. The quantitative estimate of drug-likeness (QED) is 0.756. The lowest BCUT2D eigenvalue weighted by molar-refractivity contribution is -0.121. The summed E-state index contributed by atoms with van der Waals surface area (Å²) in [5.74, 6) is 2.11. The van der Waals surface area contributed by atoms with Crippen LogP contribution in [-0.4, -0.2) is 38.8 Å². The number of nitrogens with one attached hydrogen (secondary N) is 2. The van der Waals surface area contributed by atoms with Gasteiger partial charge < -0.3 is 5.32 Å². The van der Waals surface area contributed by atoms with Gasteiger partial charge in [-0.2, -0.15) is 0 Å². The van der Waals surface area contributed by atoms with Crippen LogP contribution in [0.2, 0.25) is 0 Å². The van der Waals surface area contributed by atoms with Gasteiger partial charge in [-0.25, -0.2) is 8.93 Å². The van der Waals surface area contributed by atoms with Crippen LogP contribution in [0.15, 0.2) is 29.2 Å². The standard InChI is InChI=1S/C17H26N2O2S3/c1-5-13(3)15(17(16(20)18-4)22-10-11-23-17)19-24(21)14-8-6-12(2)7-9-14/h6-9,13,15,19H,5,10-11H2,1-4H3,(H,18,20). The Hall–Kier alpha value is -0.500. The lowest BCUT2D eigenvalue weighted by Gasteiger charge is -2.37. The summed E-state index contributed by atoms with van der Waals surface area (Å²) < 4.78 is 15.5. The molecule has 24 heavy (non-hydrogen) atoms. The van der Waals surface area contributed by atoms with Crippen LogP contribution in [-0.2, 0) is 15.8 Å². The fourth-order valence-electron chi connectivity index (χ4n) is 2.70. The van der Waals surface area contributed by atoms with E-state index >= 15 is 0 Å². The van der Waals surface area contributed by atoms with Crippen LogP contribution in [0.5, 0.6) is 0 Å². The summed E-state index contributed by atoms with van der Waals surface area (Å²) in [6.07, 6.45) is 0.919. The predicted molar refractivity (Wildman–Crippen MR) is 106 cm³/mol. The van der Waals surface area contributed by atoms with Gasteiger partial charge in [-0.05, 0) is 25.0 Å². The Morgan fingerprint density at radius 1 is 1.29 bits per heavy atom. The molecular formula is C17H26N2O2S3. The van der Waals surface area contributed by atoms with Crippen molar-refractivity contribution < 1.29 is 9.00 Å². The van der Waals surface area contributed by atoms with E-state index in [0.29, 0.717) is 0 Å². The van der Waals surface area contributed by atoms with Gasteiger partial charge in [-0.1, -0.05) is 38.0 Å². The first-order valence-electron chi connectivity index (χ1n) is 8.19. The molecule has 2 N–H and O–H groups in total. The molecule has 1 aliphatic rings. The average molecular weight is 387 g/mol. The van der Waals surface area contributed by atoms with Crippen molar-refractivity contribution in [1.29, 1.82) is 0 Å². The summed E-state index contributed by atoms with van der Waals surface area (Å²) in [5, 5.41) is 2.81. The maximum Gasteiger partial charge on any atom is 0.247 e. The summed E-state index contributed by atoms with van der Waals surface area (Å²) in [7, 11) is 0.334. The van der Waals surface area contributed by atoms with E-state index in [1.54, 1.807) is 30.6 Å². The topological polar surface area (TPSA) is 58.2 Å². The Kier molecular flexibility index (Phi) is 7.22. The number of benzene rings is 1. The van der Waals surface area contributed by atoms with Crippen molar-refractivity contribution in [1.82, 2.24) is 10.0 Å². The number of hydrogen-bond acceptors (Lipinski definition) is 4. The zero-order valence-corrected chi connectivity index (χ0v) is 17.1. The summed E-state index contributed by atoms with van der Waals surface area (Å²) in [5.41, 5.74) is 1.14. The molecule has 0 aromatic heterocycles. The van der Waals surface area contributed by atoms with E-state index in [2.05, 4.69) is 23.9 Å². The van der Waals surface area contributed by atoms with Crippen LogP contribution in [0.25, 0.3) is 0 Å². The van der Waals surface area contributed by atoms with E-state index in [9.17, 15) is 9.00 Å². The Balaban J connectivity index is 2.29. The molecule has 1 aromatic carbocycles. The van der Waals surface area contributed by atoms with E-state index in [0.717, 1.165) is 28.4 Å². The maximum atomic E-state index is 12.8. The van der Waals surface area contributed by atoms with Gasteiger partial charge in [-0.3, -0.25) is 4.79 Å². The molecule has 1 amide bonds. The van der Waals surface area contributed by atoms with E-state index in [1.807, 2.05) is 31.2 Å². The fourth-order valence-corrected chi connectivity index (χ4v) is 7.53. The minimum Gasteiger partial charge on any atom is -0.357 e. The maximum absolute atomic E-state index is 12.8. The first-order valence-corrected chi connectivity index (χ1v) is 11.3. The molecule has 1 aliphatic heterocycles. The zero-order chi connectivity index (χ0) is 17.7. The molecular weight excluding hydrogens is 360 g/mol. The van der Waals surface area contributed by atoms with Gasteiger partial charge in [0.1, 0.15) is 11.0 Å². The second-order valence-corrected chi connectivity index (χ2v) is 10.2. The molecule has 0 aliphatic carbocycles. The van der Waals surface area contributed by atoms with Crippen molar-refractivity contribution in [3.63, 3.8) is 0 Å². The number of thioether (sulfide) groups is 2. The number of aryl methyl sites for hydroxylation is 1. The smallest absolute Gasteiger partial charge is 0.247 e. The molecule has 2 rings (SSSR count). The van der Waals surface area contributed by atoms with Crippen molar-refractivity contribution in [3.05, 3.63) is 29.8 Å². The summed E-state index contributed by atoms with van der Waals surface area (Å²) >= 11 is 3.34. The third-order valence-corrected chi connectivity index (χ3v) is 9.04. The van der Waals surface area contributed by atoms with Crippen LogP contribution < -0.4 is 10.0 Å². The molecule has 3 atom stereocenters. The summed E-state index contributed by atoms with van der Waals surface area (Å²) in [4.78, 5) is 13.4. The van der Waals surface area contributed by atoms with Gasteiger partial charge >= 0.3 is 0 Å². The minimum absolute atomic E-state index is 0.00806. The lowest BCUT2D eigenvalue weighted by Crippen LogP contribution is -2.57. The Labute approximate surface area is 155 Å². The molecule has 0 radical (unpaired) electrons. The molecule has 0 bridgehead atoms. The third-order valence-electron chi connectivity index (χ3n) is 4.35. The van der Waals surface area contributed by atoms with Crippen molar-refractivity contribution >= 4 is 40.4 Å². The molecule has 0 spiro atoms. The van der Waals surface area contributed by atoms with Crippen molar-refractivity contribution in [3.8, 4) is 0 Å². The van der Waals surface area contributed by atoms with Crippen LogP contribution in [0.3, 0.4) is 0 Å².